The fourth-order valence-corrected chi connectivity index (χ4v) is 1.21. The minimum atomic E-state index is -0.449. The molecule has 1 atom stereocenters. The predicted octanol–water partition coefficient (Wildman–Crippen LogP) is 0.546. The lowest BCUT2D eigenvalue weighted by molar-refractivity contribution is 0.177. The summed E-state index contributed by atoms with van der Waals surface area (Å²) in [7, 11) is 1.82. The lowest BCUT2D eigenvalue weighted by Crippen LogP contribution is -2.16. The van der Waals surface area contributed by atoms with Crippen molar-refractivity contribution >= 4 is 0 Å². The average Bonchev–Trinajstić information content (AvgIpc) is 2.54. The first kappa shape index (κ1) is 10.2. The zero-order valence-corrected chi connectivity index (χ0v) is 8.20. The summed E-state index contributed by atoms with van der Waals surface area (Å²) in [5.41, 5.74) is 0.878. The molecule has 2 N–H and O–H groups in total. The molecule has 4 heteroatoms. The van der Waals surface area contributed by atoms with Crippen LogP contribution in [0.3, 0.4) is 0 Å². The van der Waals surface area contributed by atoms with Crippen molar-refractivity contribution in [2.45, 2.75) is 26.0 Å². The second kappa shape index (κ2) is 4.99. The number of aromatic nitrogens is 2. The van der Waals surface area contributed by atoms with E-state index in [2.05, 4.69) is 17.3 Å². The number of hydrogen-bond acceptors (Lipinski definition) is 3. The van der Waals surface area contributed by atoms with Gasteiger partial charge in [-0.05, 0) is 13.5 Å². The molecule has 0 fully saturated rings. The van der Waals surface area contributed by atoms with Crippen LogP contribution in [0.4, 0.5) is 0 Å². The van der Waals surface area contributed by atoms with Gasteiger partial charge in [-0.1, -0.05) is 6.92 Å². The number of aryl methyl sites for hydroxylation is 1. The topological polar surface area (TPSA) is 50.1 Å². The number of aliphatic hydroxyl groups excluding tert-OH is 1. The Bertz CT molecular complexity index is 247. The highest BCUT2D eigenvalue weighted by molar-refractivity contribution is 5.08. The molecule has 0 aliphatic rings. The van der Waals surface area contributed by atoms with Crippen molar-refractivity contribution in [2.75, 3.05) is 13.6 Å². The van der Waals surface area contributed by atoms with Gasteiger partial charge in [0.05, 0.1) is 12.3 Å². The summed E-state index contributed by atoms with van der Waals surface area (Å²) in [5.74, 6) is 0. The molecule has 0 aliphatic carbocycles. The van der Waals surface area contributed by atoms with E-state index >= 15 is 0 Å². The summed E-state index contributed by atoms with van der Waals surface area (Å²) in [5, 5.41) is 16.6. The Kier molecular flexibility index (Phi) is 3.92. The Balaban J connectivity index is 2.56. The largest absolute Gasteiger partial charge is 0.387 e. The molecule has 0 aliphatic heterocycles. The molecular weight excluding hydrogens is 166 g/mol. The van der Waals surface area contributed by atoms with Gasteiger partial charge in [-0.15, -0.1) is 0 Å². The Morgan fingerprint density at radius 2 is 2.46 bits per heavy atom. The summed E-state index contributed by atoms with van der Waals surface area (Å²) < 4.78 is 1.86. The molecule has 1 aromatic rings. The van der Waals surface area contributed by atoms with Crippen molar-refractivity contribution in [1.82, 2.24) is 15.1 Å². The SMILES string of the molecule is CCCn1cc(C(O)CNC)cn1. The highest BCUT2D eigenvalue weighted by Crippen LogP contribution is 2.10. The summed E-state index contributed by atoms with van der Waals surface area (Å²) in [6, 6.07) is 0. The van der Waals surface area contributed by atoms with E-state index in [1.54, 1.807) is 6.20 Å². The molecule has 0 spiro atoms. The fraction of sp³-hybridized carbons (Fsp3) is 0.667. The number of aliphatic hydroxyl groups is 1. The molecule has 0 amide bonds. The smallest absolute Gasteiger partial charge is 0.0944 e. The Hall–Kier alpha value is -0.870. The summed E-state index contributed by atoms with van der Waals surface area (Å²) in [4.78, 5) is 0. The first-order valence-corrected chi connectivity index (χ1v) is 4.63. The quantitative estimate of drug-likeness (QED) is 0.700. The Labute approximate surface area is 78.6 Å². The van der Waals surface area contributed by atoms with Crippen molar-refractivity contribution in [3.63, 3.8) is 0 Å². The van der Waals surface area contributed by atoms with Gasteiger partial charge in [-0.25, -0.2) is 0 Å². The highest BCUT2D eigenvalue weighted by Gasteiger charge is 2.07. The maximum atomic E-state index is 9.59. The monoisotopic (exact) mass is 183 g/mol. The molecule has 0 aromatic carbocycles. The molecule has 1 unspecified atom stereocenters. The number of rotatable bonds is 5. The van der Waals surface area contributed by atoms with Crippen LogP contribution in [-0.2, 0) is 6.54 Å². The van der Waals surface area contributed by atoms with Gasteiger partial charge in [0.25, 0.3) is 0 Å². The van der Waals surface area contributed by atoms with Crippen LogP contribution in [0.2, 0.25) is 0 Å². The van der Waals surface area contributed by atoms with E-state index in [0.29, 0.717) is 6.54 Å². The number of nitrogens with one attached hydrogen (secondary N) is 1. The second-order valence-corrected chi connectivity index (χ2v) is 3.11. The van der Waals surface area contributed by atoms with Gasteiger partial charge in [0.15, 0.2) is 0 Å². The van der Waals surface area contributed by atoms with E-state index in [1.807, 2.05) is 17.9 Å². The molecule has 1 aromatic heterocycles. The molecule has 13 heavy (non-hydrogen) atoms. The van der Waals surface area contributed by atoms with Crippen molar-refractivity contribution in [3.8, 4) is 0 Å². The van der Waals surface area contributed by atoms with E-state index < -0.39 is 6.10 Å². The Morgan fingerprint density at radius 3 is 3.08 bits per heavy atom. The van der Waals surface area contributed by atoms with Gasteiger partial charge in [0.2, 0.25) is 0 Å². The summed E-state index contributed by atoms with van der Waals surface area (Å²) >= 11 is 0. The number of nitrogens with zero attached hydrogens (tertiary/aromatic N) is 2. The Morgan fingerprint density at radius 1 is 1.69 bits per heavy atom. The van der Waals surface area contributed by atoms with Crippen LogP contribution in [0.5, 0.6) is 0 Å². The van der Waals surface area contributed by atoms with Crippen molar-refractivity contribution < 1.29 is 5.11 Å². The van der Waals surface area contributed by atoms with Gasteiger partial charge >= 0.3 is 0 Å². The minimum absolute atomic E-state index is 0.449. The number of hydrogen-bond donors (Lipinski definition) is 2. The summed E-state index contributed by atoms with van der Waals surface area (Å²) in [6.07, 6.45) is 4.22. The van der Waals surface area contributed by atoms with Gasteiger partial charge in [-0.2, -0.15) is 5.10 Å². The van der Waals surface area contributed by atoms with Crippen LogP contribution in [0.15, 0.2) is 12.4 Å². The van der Waals surface area contributed by atoms with Gasteiger partial charge in [0.1, 0.15) is 0 Å². The van der Waals surface area contributed by atoms with Crippen molar-refractivity contribution in [3.05, 3.63) is 18.0 Å². The summed E-state index contributed by atoms with van der Waals surface area (Å²) in [6.45, 7) is 3.58. The maximum Gasteiger partial charge on any atom is 0.0944 e. The first-order chi connectivity index (χ1) is 6.27. The van der Waals surface area contributed by atoms with Crippen LogP contribution in [0.1, 0.15) is 25.0 Å². The second-order valence-electron chi connectivity index (χ2n) is 3.11. The number of likely N-dealkylation sites (N-methyl/N-ethyl adjacent to an activating group) is 1. The molecule has 1 heterocycles. The third-order valence-corrected chi connectivity index (χ3v) is 1.89. The van der Waals surface area contributed by atoms with E-state index in [9.17, 15) is 5.11 Å². The van der Waals surface area contributed by atoms with Gasteiger partial charge in [-0.3, -0.25) is 4.68 Å². The van der Waals surface area contributed by atoms with E-state index in [4.69, 9.17) is 0 Å². The van der Waals surface area contributed by atoms with Crippen LogP contribution < -0.4 is 5.32 Å². The van der Waals surface area contributed by atoms with Crippen LogP contribution in [-0.4, -0.2) is 28.5 Å². The van der Waals surface area contributed by atoms with E-state index in [1.165, 1.54) is 0 Å². The average molecular weight is 183 g/mol. The minimum Gasteiger partial charge on any atom is -0.387 e. The molecule has 0 radical (unpaired) electrons. The maximum absolute atomic E-state index is 9.59. The first-order valence-electron chi connectivity index (χ1n) is 4.63. The zero-order valence-electron chi connectivity index (χ0n) is 8.20. The molecule has 0 saturated carbocycles. The van der Waals surface area contributed by atoms with Gasteiger partial charge in [0, 0.05) is 24.8 Å². The van der Waals surface area contributed by atoms with E-state index in [-0.39, 0.29) is 0 Å². The standard InChI is InChI=1S/C9H17N3O/c1-3-4-12-7-8(5-11-12)9(13)6-10-2/h5,7,9-10,13H,3-4,6H2,1-2H3. The normalized spacial score (nSPS) is 13.2. The highest BCUT2D eigenvalue weighted by atomic mass is 16.3. The molecule has 0 bridgehead atoms. The molecular formula is C9H17N3O. The lowest BCUT2D eigenvalue weighted by atomic mass is 10.2. The zero-order chi connectivity index (χ0) is 9.68. The fourth-order valence-electron chi connectivity index (χ4n) is 1.21. The van der Waals surface area contributed by atoms with Crippen LogP contribution in [0, 0.1) is 0 Å². The lowest BCUT2D eigenvalue weighted by Gasteiger charge is -2.05. The molecule has 74 valence electrons. The van der Waals surface area contributed by atoms with Gasteiger partial charge < -0.3 is 10.4 Å². The van der Waals surface area contributed by atoms with Crippen LogP contribution >= 0.6 is 0 Å². The molecule has 0 saturated heterocycles. The van der Waals surface area contributed by atoms with Crippen molar-refractivity contribution in [2.24, 2.45) is 0 Å². The molecule has 4 nitrogen and oxygen atoms in total. The molecule has 1 rings (SSSR count). The van der Waals surface area contributed by atoms with E-state index in [0.717, 1.165) is 18.5 Å². The van der Waals surface area contributed by atoms with Crippen LogP contribution in [0.25, 0.3) is 0 Å². The van der Waals surface area contributed by atoms with Crippen molar-refractivity contribution in [1.29, 1.82) is 0 Å². The third kappa shape index (κ3) is 2.82. The third-order valence-electron chi connectivity index (χ3n) is 1.89. The predicted molar refractivity (Wildman–Crippen MR) is 51.4 cm³/mol.